The van der Waals surface area contributed by atoms with Gasteiger partial charge in [-0.2, -0.15) is 0 Å². The fourth-order valence-electron chi connectivity index (χ4n) is 3.59. The third-order valence-corrected chi connectivity index (χ3v) is 5.09. The summed E-state index contributed by atoms with van der Waals surface area (Å²) in [6, 6.07) is 7.74. The number of benzene rings is 1. The van der Waals surface area contributed by atoms with Gasteiger partial charge in [0.15, 0.2) is 0 Å². The molecule has 0 aliphatic heterocycles. The van der Waals surface area contributed by atoms with Crippen LogP contribution in [0.4, 0.5) is 0 Å². The largest absolute Gasteiger partial charge is 0.496 e. The molecule has 0 atom stereocenters. The van der Waals surface area contributed by atoms with E-state index in [1.54, 1.807) is 7.11 Å². The Bertz CT molecular complexity index is 760. The first-order valence-electron chi connectivity index (χ1n) is 8.70. The third-order valence-electron chi connectivity index (χ3n) is 5.09. The van der Waals surface area contributed by atoms with Crippen LogP contribution in [0.25, 0.3) is 10.9 Å². The molecule has 1 aliphatic rings. The van der Waals surface area contributed by atoms with E-state index < -0.39 is 5.97 Å². The van der Waals surface area contributed by atoms with Gasteiger partial charge < -0.3 is 19.7 Å². The third kappa shape index (κ3) is 3.95. The van der Waals surface area contributed by atoms with E-state index in [0.29, 0.717) is 25.3 Å². The number of amides is 1. The Balaban J connectivity index is 1.53. The van der Waals surface area contributed by atoms with Gasteiger partial charge in [0.05, 0.1) is 18.5 Å². The number of nitrogens with one attached hydrogen (secondary N) is 1. The summed E-state index contributed by atoms with van der Waals surface area (Å²) in [5, 5.41) is 13.0. The first kappa shape index (κ1) is 17.3. The zero-order valence-electron chi connectivity index (χ0n) is 14.4. The van der Waals surface area contributed by atoms with Crippen molar-refractivity contribution in [1.82, 2.24) is 9.88 Å². The molecule has 1 heterocycles. The number of aromatic nitrogens is 1. The highest BCUT2D eigenvalue weighted by molar-refractivity contribution is 5.88. The lowest BCUT2D eigenvalue weighted by atomic mass is 9.82. The summed E-state index contributed by atoms with van der Waals surface area (Å²) in [7, 11) is 1.64. The van der Waals surface area contributed by atoms with Crippen molar-refractivity contribution in [2.45, 2.75) is 32.2 Å². The number of carboxylic acid groups (broad SMARTS) is 1. The number of hydrogen-bond acceptors (Lipinski definition) is 3. The van der Waals surface area contributed by atoms with Crippen molar-refractivity contribution < 1.29 is 19.4 Å². The molecular formula is C19H24N2O4. The number of carboxylic acids is 1. The Morgan fingerprint density at radius 2 is 2.00 bits per heavy atom. The first-order valence-corrected chi connectivity index (χ1v) is 8.70. The number of ether oxygens (including phenoxy) is 1. The van der Waals surface area contributed by atoms with Gasteiger partial charge in [-0.15, -0.1) is 0 Å². The summed E-state index contributed by atoms with van der Waals surface area (Å²) in [6.07, 6.45) is 5.03. The zero-order chi connectivity index (χ0) is 17.8. The average molecular weight is 344 g/mol. The molecule has 2 N–H and O–H groups in total. The number of methoxy groups -OCH3 is 1. The highest BCUT2D eigenvalue weighted by atomic mass is 16.5. The number of carbonyl (C=O) groups is 2. The predicted octanol–water partition coefficient (Wildman–Crippen LogP) is 2.66. The van der Waals surface area contributed by atoms with E-state index in [1.165, 1.54) is 0 Å². The SMILES string of the molecule is COc1cccc2c1ccn2CC(=O)NCC1CCC(C(=O)O)CC1. The van der Waals surface area contributed by atoms with Gasteiger partial charge in [0.2, 0.25) is 5.91 Å². The van der Waals surface area contributed by atoms with Crippen LogP contribution in [0.1, 0.15) is 25.7 Å². The van der Waals surface area contributed by atoms with E-state index in [2.05, 4.69) is 5.32 Å². The lowest BCUT2D eigenvalue weighted by Crippen LogP contribution is -2.34. The molecule has 0 spiro atoms. The second kappa shape index (κ2) is 7.59. The highest BCUT2D eigenvalue weighted by Gasteiger charge is 2.26. The number of rotatable bonds is 6. The molecule has 25 heavy (non-hydrogen) atoms. The minimum absolute atomic E-state index is 0.0272. The van der Waals surface area contributed by atoms with Gasteiger partial charge in [0, 0.05) is 18.1 Å². The molecule has 1 amide bonds. The normalized spacial score (nSPS) is 20.4. The van der Waals surface area contributed by atoms with E-state index in [-0.39, 0.29) is 18.4 Å². The van der Waals surface area contributed by atoms with Gasteiger partial charge >= 0.3 is 5.97 Å². The fourth-order valence-corrected chi connectivity index (χ4v) is 3.59. The van der Waals surface area contributed by atoms with Gasteiger partial charge in [-0.25, -0.2) is 0 Å². The number of aliphatic carboxylic acids is 1. The summed E-state index contributed by atoms with van der Waals surface area (Å²) < 4.78 is 7.25. The number of fused-ring (bicyclic) bond motifs is 1. The Morgan fingerprint density at radius 1 is 1.24 bits per heavy atom. The molecule has 0 saturated heterocycles. The molecule has 1 saturated carbocycles. The minimum atomic E-state index is -0.697. The molecule has 0 bridgehead atoms. The Morgan fingerprint density at radius 3 is 2.68 bits per heavy atom. The molecule has 2 aromatic rings. The predicted molar refractivity (Wildman–Crippen MR) is 94.6 cm³/mol. The second-order valence-electron chi connectivity index (χ2n) is 6.70. The number of hydrogen-bond donors (Lipinski definition) is 2. The van der Waals surface area contributed by atoms with Gasteiger partial charge in [0.1, 0.15) is 12.3 Å². The van der Waals surface area contributed by atoms with Crippen molar-refractivity contribution in [3.8, 4) is 5.75 Å². The molecular weight excluding hydrogens is 320 g/mol. The summed E-state index contributed by atoms with van der Waals surface area (Å²) in [4.78, 5) is 23.2. The minimum Gasteiger partial charge on any atom is -0.496 e. The molecule has 6 heteroatoms. The maximum atomic E-state index is 12.3. The van der Waals surface area contributed by atoms with E-state index in [4.69, 9.17) is 9.84 Å². The summed E-state index contributed by atoms with van der Waals surface area (Å²) in [5.41, 5.74) is 0.969. The van der Waals surface area contributed by atoms with Gasteiger partial charge in [-0.3, -0.25) is 9.59 Å². The Kier molecular flexibility index (Phi) is 5.26. The molecule has 1 aliphatic carbocycles. The van der Waals surface area contributed by atoms with E-state index in [9.17, 15) is 9.59 Å². The van der Waals surface area contributed by atoms with Crippen LogP contribution in [-0.4, -0.2) is 35.2 Å². The number of carbonyl (C=O) groups excluding carboxylic acids is 1. The molecule has 0 radical (unpaired) electrons. The first-order chi connectivity index (χ1) is 12.1. The fraction of sp³-hybridized carbons (Fsp3) is 0.474. The van der Waals surface area contributed by atoms with E-state index >= 15 is 0 Å². The summed E-state index contributed by atoms with van der Waals surface area (Å²) in [6.45, 7) is 0.884. The molecule has 6 nitrogen and oxygen atoms in total. The molecule has 134 valence electrons. The molecule has 0 unspecified atom stereocenters. The van der Waals surface area contributed by atoms with Crippen LogP contribution >= 0.6 is 0 Å². The molecule has 3 rings (SSSR count). The van der Waals surface area contributed by atoms with Crippen LogP contribution in [-0.2, 0) is 16.1 Å². The molecule has 1 aromatic heterocycles. The van der Waals surface area contributed by atoms with Crippen LogP contribution in [0.2, 0.25) is 0 Å². The average Bonchev–Trinajstić information content (AvgIpc) is 3.03. The van der Waals surface area contributed by atoms with Crippen LogP contribution in [0.15, 0.2) is 30.5 Å². The quantitative estimate of drug-likeness (QED) is 0.844. The molecule has 1 fully saturated rings. The van der Waals surface area contributed by atoms with Crippen LogP contribution in [0, 0.1) is 11.8 Å². The monoisotopic (exact) mass is 344 g/mol. The maximum Gasteiger partial charge on any atom is 0.306 e. The van der Waals surface area contributed by atoms with Crippen molar-refractivity contribution >= 4 is 22.8 Å². The topological polar surface area (TPSA) is 80.6 Å². The number of nitrogens with zero attached hydrogens (tertiary/aromatic N) is 1. The summed E-state index contributed by atoms with van der Waals surface area (Å²) in [5.74, 6) is 0.235. The lowest BCUT2D eigenvalue weighted by Gasteiger charge is -2.26. The summed E-state index contributed by atoms with van der Waals surface area (Å²) >= 11 is 0. The van der Waals surface area contributed by atoms with E-state index in [1.807, 2.05) is 35.0 Å². The van der Waals surface area contributed by atoms with Crippen molar-refractivity contribution in [1.29, 1.82) is 0 Å². The van der Waals surface area contributed by atoms with Crippen molar-refractivity contribution in [2.75, 3.05) is 13.7 Å². The molecule has 1 aromatic carbocycles. The zero-order valence-corrected chi connectivity index (χ0v) is 14.4. The van der Waals surface area contributed by atoms with Gasteiger partial charge in [0.25, 0.3) is 0 Å². The second-order valence-corrected chi connectivity index (χ2v) is 6.70. The highest BCUT2D eigenvalue weighted by Crippen LogP contribution is 2.28. The van der Waals surface area contributed by atoms with Crippen molar-refractivity contribution in [3.05, 3.63) is 30.5 Å². The van der Waals surface area contributed by atoms with Crippen LogP contribution < -0.4 is 10.1 Å². The standard InChI is InChI=1S/C19H24N2O4/c1-25-17-4-2-3-16-15(17)9-10-21(16)12-18(22)20-11-13-5-7-14(8-6-13)19(23)24/h2-4,9-10,13-14H,5-8,11-12H2,1H3,(H,20,22)(H,23,24). The van der Waals surface area contributed by atoms with Crippen molar-refractivity contribution in [2.24, 2.45) is 11.8 Å². The smallest absolute Gasteiger partial charge is 0.306 e. The van der Waals surface area contributed by atoms with Crippen LogP contribution in [0.5, 0.6) is 5.75 Å². The Labute approximate surface area is 146 Å². The van der Waals surface area contributed by atoms with Crippen molar-refractivity contribution in [3.63, 3.8) is 0 Å². The van der Waals surface area contributed by atoms with Gasteiger partial charge in [-0.1, -0.05) is 6.07 Å². The van der Waals surface area contributed by atoms with Crippen LogP contribution in [0.3, 0.4) is 0 Å². The maximum absolute atomic E-state index is 12.3. The lowest BCUT2D eigenvalue weighted by molar-refractivity contribution is -0.143. The van der Waals surface area contributed by atoms with E-state index in [0.717, 1.165) is 29.5 Å². The Hall–Kier alpha value is -2.50. The van der Waals surface area contributed by atoms with Gasteiger partial charge in [-0.05, 0) is 49.8 Å².